The van der Waals surface area contributed by atoms with E-state index in [9.17, 15) is 14.4 Å². The fraction of sp³-hybridized carbons (Fsp3) is 0.364. The summed E-state index contributed by atoms with van der Waals surface area (Å²) in [7, 11) is 0. The largest absolute Gasteiger partial charge is 0.325 e. The van der Waals surface area contributed by atoms with Crippen LogP contribution >= 0.6 is 0 Å². The summed E-state index contributed by atoms with van der Waals surface area (Å²) in [5, 5.41) is 2.83. The highest BCUT2D eigenvalue weighted by Crippen LogP contribution is 2.33. The molecule has 1 saturated heterocycles. The van der Waals surface area contributed by atoms with Crippen molar-refractivity contribution < 1.29 is 14.4 Å². The first kappa shape index (κ1) is 19.3. The molecule has 3 aromatic rings. The van der Waals surface area contributed by atoms with Crippen molar-refractivity contribution in [3.63, 3.8) is 0 Å². The predicted octanol–water partition coefficient (Wildman–Crippen LogP) is 2.56. The van der Waals surface area contributed by atoms with E-state index < -0.39 is 11.6 Å². The molecule has 3 aromatic heterocycles. The Labute approximate surface area is 178 Å². The Kier molecular flexibility index (Phi) is 4.53. The van der Waals surface area contributed by atoms with E-state index in [4.69, 9.17) is 0 Å². The number of pyridine rings is 2. The molecule has 2 fully saturated rings. The van der Waals surface area contributed by atoms with E-state index in [0.717, 1.165) is 35.5 Å². The number of amides is 3. The Balaban J connectivity index is 1.35. The number of hydrogen-bond donors (Lipinski definition) is 1. The minimum Gasteiger partial charge on any atom is -0.323 e. The van der Waals surface area contributed by atoms with Gasteiger partial charge in [0, 0.05) is 18.0 Å². The van der Waals surface area contributed by atoms with Crippen LogP contribution in [0, 0.1) is 6.92 Å². The summed E-state index contributed by atoms with van der Waals surface area (Å²) >= 11 is 0. The number of hydrogen-bond acceptors (Lipinski definition) is 6. The van der Waals surface area contributed by atoms with Gasteiger partial charge in [-0.2, -0.15) is 0 Å². The SMILES string of the molecule is Cc1nc2cccnc2n1-c1ccc(C(=O)CN2C(=O)NC3(CCCCC3)C2=O)cn1. The van der Waals surface area contributed by atoms with Crippen molar-refractivity contribution in [2.45, 2.75) is 44.6 Å². The number of rotatable bonds is 4. The Morgan fingerprint density at radius 1 is 1.13 bits per heavy atom. The standard InChI is InChI=1S/C22H22N6O3/c1-14-25-16-6-5-11-23-19(16)28(14)18-8-7-15(12-24-18)17(29)13-27-20(30)22(26-21(27)31)9-3-2-4-10-22/h5-8,11-12H,2-4,9-10,13H2,1H3,(H,26,31). The summed E-state index contributed by atoms with van der Waals surface area (Å²) in [5.74, 6) is 0.700. The van der Waals surface area contributed by atoms with Crippen LogP contribution in [0.4, 0.5) is 4.79 Å². The topological polar surface area (TPSA) is 110 Å². The van der Waals surface area contributed by atoms with Gasteiger partial charge in [0.25, 0.3) is 5.91 Å². The lowest BCUT2D eigenvalue weighted by atomic mass is 9.82. The molecule has 158 valence electrons. The van der Waals surface area contributed by atoms with Crippen molar-refractivity contribution in [2.24, 2.45) is 0 Å². The number of carbonyl (C=O) groups is 3. The average molecular weight is 418 g/mol. The van der Waals surface area contributed by atoms with Crippen LogP contribution in [0.1, 0.15) is 48.3 Å². The van der Waals surface area contributed by atoms with Crippen LogP contribution in [-0.2, 0) is 4.79 Å². The monoisotopic (exact) mass is 418 g/mol. The Hall–Kier alpha value is -3.62. The van der Waals surface area contributed by atoms with Gasteiger partial charge < -0.3 is 5.32 Å². The van der Waals surface area contributed by atoms with Crippen molar-refractivity contribution in [1.82, 2.24) is 29.7 Å². The fourth-order valence-electron chi connectivity index (χ4n) is 4.53. The van der Waals surface area contributed by atoms with Crippen LogP contribution in [-0.4, -0.2) is 54.2 Å². The zero-order chi connectivity index (χ0) is 21.6. The third-order valence-electron chi connectivity index (χ3n) is 6.14. The molecule has 1 spiro atoms. The summed E-state index contributed by atoms with van der Waals surface area (Å²) in [4.78, 5) is 52.4. The fourth-order valence-corrected chi connectivity index (χ4v) is 4.53. The highest BCUT2D eigenvalue weighted by Gasteiger charge is 2.51. The van der Waals surface area contributed by atoms with Crippen molar-refractivity contribution in [3.8, 4) is 5.82 Å². The summed E-state index contributed by atoms with van der Waals surface area (Å²) in [6.07, 6.45) is 7.26. The van der Waals surface area contributed by atoms with Gasteiger partial charge in [-0.1, -0.05) is 19.3 Å². The first-order chi connectivity index (χ1) is 15.0. The molecule has 0 aromatic carbocycles. The number of carbonyl (C=O) groups excluding carboxylic acids is 3. The Bertz CT molecular complexity index is 1190. The second-order valence-corrected chi connectivity index (χ2v) is 8.13. The van der Waals surface area contributed by atoms with E-state index >= 15 is 0 Å². The number of urea groups is 1. The zero-order valence-corrected chi connectivity index (χ0v) is 17.2. The molecular weight excluding hydrogens is 396 g/mol. The maximum atomic E-state index is 12.9. The summed E-state index contributed by atoms with van der Waals surface area (Å²) in [5.41, 5.74) is 0.954. The van der Waals surface area contributed by atoms with Crippen LogP contribution in [0.15, 0.2) is 36.7 Å². The van der Waals surface area contributed by atoms with Crippen LogP contribution in [0.5, 0.6) is 0 Å². The van der Waals surface area contributed by atoms with Gasteiger partial charge in [0.1, 0.15) is 22.7 Å². The van der Waals surface area contributed by atoms with Crippen molar-refractivity contribution in [3.05, 3.63) is 48.0 Å². The molecular formula is C22H22N6O3. The minimum atomic E-state index is -0.829. The van der Waals surface area contributed by atoms with E-state index in [1.54, 1.807) is 18.3 Å². The third kappa shape index (κ3) is 3.17. The molecule has 1 saturated carbocycles. The van der Waals surface area contributed by atoms with Crippen molar-refractivity contribution >= 4 is 28.9 Å². The van der Waals surface area contributed by atoms with Crippen LogP contribution in [0.3, 0.4) is 0 Å². The second-order valence-electron chi connectivity index (χ2n) is 8.13. The number of aryl methyl sites for hydroxylation is 1. The van der Waals surface area contributed by atoms with Gasteiger partial charge in [0.2, 0.25) is 0 Å². The molecule has 4 heterocycles. The molecule has 9 nitrogen and oxygen atoms in total. The van der Waals surface area contributed by atoms with Gasteiger partial charge in [-0.05, 0) is 44.0 Å². The van der Waals surface area contributed by atoms with E-state index in [1.807, 2.05) is 23.6 Å². The van der Waals surface area contributed by atoms with Gasteiger partial charge in [-0.3, -0.25) is 19.1 Å². The van der Waals surface area contributed by atoms with Gasteiger partial charge in [0.05, 0.1) is 6.54 Å². The van der Waals surface area contributed by atoms with E-state index in [0.29, 0.717) is 29.9 Å². The third-order valence-corrected chi connectivity index (χ3v) is 6.14. The lowest BCUT2D eigenvalue weighted by Gasteiger charge is -2.30. The van der Waals surface area contributed by atoms with E-state index in [1.165, 1.54) is 6.20 Å². The molecule has 1 aliphatic heterocycles. The molecule has 0 unspecified atom stereocenters. The van der Waals surface area contributed by atoms with Crippen molar-refractivity contribution in [1.29, 1.82) is 0 Å². The number of fused-ring (bicyclic) bond motifs is 1. The number of imide groups is 1. The highest BCUT2D eigenvalue weighted by molar-refractivity contribution is 6.11. The minimum absolute atomic E-state index is 0.290. The first-order valence-corrected chi connectivity index (χ1v) is 10.4. The van der Waals surface area contributed by atoms with E-state index in [-0.39, 0.29) is 18.2 Å². The smallest absolute Gasteiger partial charge is 0.323 e. The molecule has 0 bridgehead atoms. The quantitative estimate of drug-likeness (QED) is 0.515. The second kappa shape index (κ2) is 7.26. The number of imidazole rings is 1. The molecule has 3 amide bonds. The number of Topliss-reactive ketones (excluding diaryl/α,β-unsaturated/α-hetero) is 1. The molecule has 2 aliphatic rings. The zero-order valence-electron chi connectivity index (χ0n) is 17.2. The molecule has 0 radical (unpaired) electrons. The van der Waals surface area contributed by atoms with Crippen LogP contribution in [0.25, 0.3) is 17.0 Å². The average Bonchev–Trinajstić information content (AvgIpc) is 3.23. The summed E-state index contributed by atoms with van der Waals surface area (Å²) in [6.45, 7) is 1.57. The molecule has 1 aliphatic carbocycles. The molecule has 5 rings (SSSR count). The Morgan fingerprint density at radius 2 is 1.94 bits per heavy atom. The molecule has 1 N–H and O–H groups in total. The van der Waals surface area contributed by atoms with Crippen LogP contribution < -0.4 is 5.32 Å². The van der Waals surface area contributed by atoms with Crippen molar-refractivity contribution in [2.75, 3.05) is 6.54 Å². The Morgan fingerprint density at radius 3 is 2.68 bits per heavy atom. The lowest BCUT2D eigenvalue weighted by Crippen LogP contribution is -2.48. The predicted molar refractivity (Wildman–Crippen MR) is 112 cm³/mol. The summed E-state index contributed by atoms with van der Waals surface area (Å²) < 4.78 is 1.81. The first-order valence-electron chi connectivity index (χ1n) is 10.4. The molecule has 0 atom stereocenters. The molecule has 9 heteroatoms. The van der Waals surface area contributed by atoms with Crippen LogP contribution in [0.2, 0.25) is 0 Å². The van der Waals surface area contributed by atoms with Gasteiger partial charge in [-0.25, -0.2) is 19.7 Å². The normalized spacial score (nSPS) is 18.0. The number of nitrogens with zero attached hydrogens (tertiary/aromatic N) is 5. The highest BCUT2D eigenvalue weighted by atomic mass is 16.2. The summed E-state index contributed by atoms with van der Waals surface area (Å²) in [6, 6.07) is 6.57. The maximum absolute atomic E-state index is 12.9. The molecule has 31 heavy (non-hydrogen) atoms. The van der Waals surface area contributed by atoms with E-state index in [2.05, 4.69) is 20.3 Å². The van der Waals surface area contributed by atoms with Gasteiger partial charge in [-0.15, -0.1) is 0 Å². The van der Waals surface area contributed by atoms with Gasteiger partial charge >= 0.3 is 6.03 Å². The number of nitrogens with one attached hydrogen (secondary N) is 1. The maximum Gasteiger partial charge on any atom is 0.325 e. The number of ketones is 1. The number of aromatic nitrogens is 4. The lowest BCUT2D eigenvalue weighted by molar-refractivity contribution is -0.132. The van der Waals surface area contributed by atoms with Gasteiger partial charge in [0.15, 0.2) is 11.4 Å².